The van der Waals surface area contributed by atoms with E-state index in [0.29, 0.717) is 17.2 Å². The maximum absolute atomic E-state index is 12.9. The van der Waals surface area contributed by atoms with Crippen LogP contribution in [0.15, 0.2) is 47.4 Å². The van der Waals surface area contributed by atoms with Gasteiger partial charge in [0.25, 0.3) is 11.1 Å². The first-order chi connectivity index (χ1) is 15.6. The molecule has 168 valence electrons. The van der Waals surface area contributed by atoms with Crippen LogP contribution in [-0.4, -0.2) is 49.9 Å². The Balaban J connectivity index is 1.51. The Kier molecular flexibility index (Phi) is 7.05. The second-order valence-electron chi connectivity index (χ2n) is 7.88. The normalized spacial score (nSPS) is 17.5. The predicted molar refractivity (Wildman–Crippen MR) is 128 cm³/mol. The van der Waals surface area contributed by atoms with Gasteiger partial charge in [0.1, 0.15) is 11.5 Å². The number of nitrogens with zero attached hydrogens (tertiary/aromatic N) is 2. The van der Waals surface area contributed by atoms with E-state index < -0.39 is 0 Å². The quantitative estimate of drug-likeness (QED) is 0.527. The molecule has 2 aliphatic heterocycles. The highest BCUT2D eigenvalue weighted by Gasteiger charge is 2.35. The van der Waals surface area contributed by atoms with Crippen LogP contribution in [0.4, 0.5) is 10.5 Å². The lowest BCUT2D eigenvalue weighted by molar-refractivity contribution is -0.122. The van der Waals surface area contributed by atoms with Gasteiger partial charge < -0.3 is 14.4 Å². The van der Waals surface area contributed by atoms with Gasteiger partial charge in [0.15, 0.2) is 0 Å². The van der Waals surface area contributed by atoms with Gasteiger partial charge >= 0.3 is 0 Å². The molecule has 7 heteroatoms. The van der Waals surface area contributed by atoms with E-state index in [1.807, 2.05) is 30.3 Å². The van der Waals surface area contributed by atoms with E-state index in [9.17, 15) is 9.59 Å². The monoisotopic (exact) mass is 452 g/mol. The summed E-state index contributed by atoms with van der Waals surface area (Å²) in [6.07, 6.45) is 5.61. The van der Waals surface area contributed by atoms with Crippen molar-refractivity contribution in [3.05, 3.63) is 58.5 Å². The van der Waals surface area contributed by atoms with Crippen LogP contribution in [0.1, 0.15) is 30.4 Å². The number of hydrogen-bond donors (Lipinski definition) is 0. The first kappa shape index (κ1) is 22.3. The van der Waals surface area contributed by atoms with E-state index in [4.69, 9.17) is 9.47 Å². The number of methoxy groups -OCH3 is 2. The Morgan fingerprint density at radius 3 is 2.41 bits per heavy atom. The number of amides is 2. The van der Waals surface area contributed by atoms with Gasteiger partial charge in [-0.3, -0.25) is 14.5 Å². The van der Waals surface area contributed by atoms with Crippen LogP contribution in [0.5, 0.6) is 11.5 Å². The summed E-state index contributed by atoms with van der Waals surface area (Å²) < 4.78 is 11.2. The first-order valence-electron chi connectivity index (χ1n) is 10.9. The Labute approximate surface area is 193 Å². The van der Waals surface area contributed by atoms with Gasteiger partial charge in [0, 0.05) is 31.3 Å². The standard InChI is InChI=1S/C25H28N2O4S/c1-30-21-17-20(26-12-6-7-13-26)22(31-2)15-19(21)16-23-24(28)27(25(29)32-23)14-8-11-18-9-4-3-5-10-18/h3-5,9-10,15-17H,6-8,11-14H2,1-2H3/b23-16+. The number of thioether (sulfide) groups is 1. The summed E-state index contributed by atoms with van der Waals surface area (Å²) >= 11 is 0.977. The van der Waals surface area contributed by atoms with Crippen molar-refractivity contribution >= 4 is 34.7 Å². The molecule has 0 radical (unpaired) electrons. The number of hydrogen-bond acceptors (Lipinski definition) is 6. The Hall–Kier alpha value is -2.93. The molecule has 2 aromatic rings. The van der Waals surface area contributed by atoms with Gasteiger partial charge in [0.2, 0.25) is 0 Å². The largest absolute Gasteiger partial charge is 0.496 e. The fourth-order valence-corrected chi connectivity index (χ4v) is 5.00. The Morgan fingerprint density at radius 1 is 1.00 bits per heavy atom. The summed E-state index contributed by atoms with van der Waals surface area (Å²) in [5.74, 6) is 1.14. The molecule has 0 N–H and O–H groups in total. The second-order valence-corrected chi connectivity index (χ2v) is 8.88. The fourth-order valence-electron chi connectivity index (χ4n) is 4.14. The van der Waals surface area contributed by atoms with E-state index in [2.05, 4.69) is 17.0 Å². The van der Waals surface area contributed by atoms with Crippen molar-refractivity contribution in [3.8, 4) is 11.5 Å². The highest BCUT2D eigenvalue weighted by Crippen LogP contribution is 2.40. The molecule has 0 unspecified atom stereocenters. The van der Waals surface area contributed by atoms with Gasteiger partial charge in [-0.25, -0.2) is 0 Å². The van der Waals surface area contributed by atoms with Crippen molar-refractivity contribution in [2.24, 2.45) is 0 Å². The molecule has 0 bridgehead atoms. The average molecular weight is 453 g/mol. The zero-order valence-corrected chi connectivity index (χ0v) is 19.3. The van der Waals surface area contributed by atoms with Gasteiger partial charge in [-0.05, 0) is 55.2 Å². The van der Waals surface area contributed by atoms with E-state index in [1.54, 1.807) is 20.3 Å². The number of imide groups is 1. The summed E-state index contributed by atoms with van der Waals surface area (Å²) in [6.45, 7) is 2.38. The number of rotatable bonds is 8. The summed E-state index contributed by atoms with van der Waals surface area (Å²) in [5, 5.41) is -0.228. The number of benzene rings is 2. The van der Waals surface area contributed by atoms with Crippen molar-refractivity contribution in [1.82, 2.24) is 4.90 Å². The molecule has 0 atom stereocenters. The van der Waals surface area contributed by atoms with Crippen LogP contribution in [0.3, 0.4) is 0 Å². The average Bonchev–Trinajstić information content (AvgIpc) is 3.44. The first-order valence-corrected chi connectivity index (χ1v) is 11.7. The van der Waals surface area contributed by atoms with Crippen molar-refractivity contribution in [2.75, 3.05) is 38.8 Å². The van der Waals surface area contributed by atoms with Gasteiger partial charge in [-0.1, -0.05) is 30.3 Å². The third-order valence-corrected chi connectivity index (χ3v) is 6.74. The molecule has 0 aromatic heterocycles. The molecular formula is C25H28N2O4S. The van der Waals surface area contributed by atoms with Crippen molar-refractivity contribution in [2.45, 2.75) is 25.7 Å². The van der Waals surface area contributed by atoms with Crippen LogP contribution in [-0.2, 0) is 11.2 Å². The van der Waals surface area contributed by atoms with Crippen LogP contribution in [0.25, 0.3) is 6.08 Å². The molecule has 2 saturated heterocycles. The van der Waals surface area contributed by atoms with Crippen molar-refractivity contribution < 1.29 is 19.1 Å². The molecule has 2 aliphatic rings. The highest BCUT2D eigenvalue weighted by atomic mass is 32.2. The molecule has 2 fully saturated rings. The zero-order valence-electron chi connectivity index (χ0n) is 18.5. The molecule has 6 nitrogen and oxygen atoms in total. The van der Waals surface area contributed by atoms with Crippen molar-refractivity contribution in [1.29, 1.82) is 0 Å². The fraction of sp³-hybridized carbons (Fsp3) is 0.360. The van der Waals surface area contributed by atoms with Crippen molar-refractivity contribution in [3.63, 3.8) is 0 Å². The number of anilines is 1. The smallest absolute Gasteiger partial charge is 0.293 e. The van der Waals surface area contributed by atoms with Crippen LogP contribution in [0, 0.1) is 0 Å². The SMILES string of the molecule is COc1cc(N2CCCC2)c(OC)cc1/C=C1/SC(=O)N(CCCc2ccccc2)C1=O. The zero-order chi connectivity index (χ0) is 22.5. The maximum Gasteiger partial charge on any atom is 0.293 e. The minimum absolute atomic E-state index is 0.228. The molecule has 4 rings (SSSR count). The molecule has 2 amide bonds. The van der Waals surface area contributed by atoms with Crippen LogP contribution < -0.4 is 14.4 Å². The molecule has 0 saturated carbocycles. The van der Waals surface area contributed by atoms with E-state index in [-0.39, 0.29) is 11.1 Å². The molecular weight excluding hydrogens is 424 g/mol. The summed E-state index contributed by atoms with van der Waals surface area (Å²) in [4.78, 5) is 29.5. The third-order valence-electron chi connectivity index (χ3n) is 5.83. The van der Waals surface area contributed by atoms with E-state index >= 15 is 0 Å². The molecule has 0 spiro atoms. The number of carbonyl (C=O) groups is 2. The molecule has 0 aliphatic carbocycles. The summed E-state index contributed by atoms with van der Waals surface area (Å²) in [6, 6.07) is 13.9. The Morgan fingerprint density at radius 2 is 1.72 bits per heavy atom. The summed E-state index contributed by atoms with van der Waals surface area (Å²) in [5.41, 5.74) is 2.92. The lowest BCUT2D eigenvalue weighted by Gasteiger charge is -2.22. The van der Waals surface area contributed by atoms with E-state index in [0.717, 1.165) is 67.5 Å². The Bertz CT molecular complexity index is 1020. The number of aryl methyl sites for hydroxylation is 1. The second kappa shape index (κ2) is 10.1. The minimum atomic E-state index is -0.252. The van der Waals surface area contributed by atoms with E-state index in [1.165, 1.54) is 10.5 Å². The highest BCUT2D eigenvalue weighted by molar-refractivity contribution is 8.18. The summed E-state index contributed by atoms with van der Waals surface area (Å²) in [7, 11) is 3.26. The lowest BCUT2D eigenvalue weighted by atomic mass is 10.1. The van der Waals surface area contributed by atoms with Gasteiger partial charge in [-0.2, -0.15) is 0 Å². The lowest BCUT2D eigenvalue weighted by Crippen LogP contribution is -2.29. The molecule has 2 aromatic carbocycles. The molecule has 32 heavy (non-hydrogen) atoms. The van der Waals surface area contributed by atoms with Gasteiger partial charge in [-0.15, -0.1) is 0 Å². The maximum atomic E-state index is 12.9. The van der Waals surface area contributed by atoms with Gasteiger partial charge in [0.05, 0.1) is 24.8 Å². The number of carbonyl (C=O) groups excluding carboxylic acids is 2. The molecule has 2 heterocycles. The predicted octanol–water partition coefficient (Wildman–Crippen LogP) is 4.97. The number of ether oxygens (including phenoxy) is 2. The third kappa shape index (κ3) is 4.78. The topological polar surface area (TPSA) is 59.1 Å². The van der Waals surface area contributed by atoms with Crippen LogP contribution >= 0.6 is 11.8 Å². The van der Waals surface area contributed by atoms with Crippen LogP contribution in [0.2, 0.25) is 0 Å². The minimum Gasteiger partial charge on any atom is -0.496 e.